The molecule has 1 aromatic rings. The van der Waals surface area contributed by atoms with Crippen LogP contribution in [0.4, 0.5) is 0 Å². The van der Waals surface area contributed by atoms with Gasteiger partial charge in [0.2, 0.25) is 23.6 Å². The van der Waals surface area contributed by atoms with Crippen LogP contribution in [0.1, 0.15) is 71.2 Å². The third kappa shape index (κ3) is 11.4. The molecule has 252 valence electrons. The van der Waals surface area contributed by atoms with Gasteiger partial charge in [0.25, 0.3) is 0 Å². The lowest BCUT2D eigenvalue weighted by molar-refractivity contribution is -0.140. The number of rotatable bonds is 5. The number of carbonyl (C=O) groups excluding carboxylic acids is 4. The maximum atomic E-state index is 13.9. The minimum absolute atomic E-state index is 0.0515. The summed E-state index contributed by atoms with van der Waals surface area (Å²) in [7, 11) is 0. The molecule has 7 N–H and O–H groups in total. The Balaban J connectivity index is 1.92. The van der Waals surface area contributed by atoms with E-state index in [1.54, 1.807) is 11.8 Å². The van der Waals surface area contributed by atoms with E-state index in [4.69, 9.17) is 15.5 Å². The van der Waals surface area contributed by atoms with Crippen LogP contribution in [0.3, 0.4) is 0 Å². The summed E-state index contributed by atoms with van der Waals surface area (Å²) in [6.07, 6.45) is 0.403. The van der Waals surface area contributed by atoms with Gasteiger partial charge in [0.05, 0.1) is 17.4 Å². The number of pyridine rings is 1. The molecule has 4 amide bonds. The molecule has 0 aromatic carbocycles. The molecular formula is C31H50N6O6S2. The highest BCUT2D eigenvalue weighted by atomic mass is 32.2. The number of nitrogens with one attached hydrogen (secondary N) is 4. The summed E-state index contributed by atoms with van der Waals surface area (Å²) >= 11 is 3.06. The van der Waals surface area contributed by atoms with Crippen molar-refractivity contribution in [2.75, 3.05) is 24.7 Å². The van der Waals surface area contributed by atoms with Gasteiger partial charge in [0.15, 0.2) is 0 Å². The van der Waals surface area contributed by atoms with Gasteiger partial charge in [0.1, 0.15) is 23.9 Å². The minimum atomic E-state index is -1.31. The second kappa shape index (κ2) is 18.1. The minimum Gasteiger partial charge on any atom is -0.381 e. The molecule has 3 rings (SSSR count). The predicted molar refractivity (Wildman–Crippen MR) is 177 cm³/mol. The average molecular weight is 667 g/mol. The molecule has 45 heavy (non-hydrogen) atoms. The topological polar surface area (TPSA) is 185 Å². The maximum Gasteiger partial charge on any atom is 0.246 e. The third-order valence-corrected chi connectivity index (χ3v) is 10.2. The number of ether oxygens (including phenoxy) is 1. The number of hydrogen-bond donors (Lipinski definition) is 6. The molecule has 2 aliphatic rings. The van der Waals surface area contributed by atoms with Crippen molar-refractivity contribution in [1.82, 2.24) is 26.3 Å². The van der Waals surface area contributed by atoms with Crippen LogP contribution in [0, 0.1) is 11.8 Å². The fraction of sp³-hybridized carbons (Fsp3) is 0.710. The molecule has 2 bridgehead atoms. The average Bonchev–Trinajstić information content (AvgIpc) is 3.00. The van der Waals surface area contributed by atoms with Gasteiger partial charge in [-0.15, -0.1) is 0 Å². The van der Waals surface area contributed by atoms with Crippen molar-refractivity contribution in [3.05, 3.63) is 29.6 Å². The van der Waals surface area contributed by atoms with Crippen LogP contribution < -0.4 is 27.0 Å². The van der Waals surface area contributed by atoms with Crippen LogP contribution in [-0.2, 0) is 35.4 Å². The number of fused-ring (bicyclic) bond motifs is 2. The Labute approximate surface area is 274 Å². The fourth-order valence-electron chi connectivity index (χ4n) is 5.23. The molecule has 0 saturated carbocycles. The van der Waals surface area contributed by atoms with E-state index in [9.17, 15) is 24.3 Å². The monoisotopic (exact) mass is 666 g/mol. The quantitative estimate of drug-likeness (QED) is 0.251. The van der Waals surface area contributed by atoms with Crippen molar-refractivity contribution in [2.24, 2.45) is 17.6 Å². The molecular weight excluding hydrogens is 617 g/mol. The SMILES string of the molecule is CC[C@H](C)[C@@H]1NC(=O)[C@H](CC(C)C)NC(=O)C2(CCOCC2)NC(=O)CCSCc2cccc(n2)CSC[C@@H](C(N)O)NC1=O. The standard InChI is InChI=1S/C31H50N6O6S2/c1-5-20(4)26-29(41)34-24(27(32)39)18-45-17-22-8-6-7-21(33-22)16-44-14-9-25(38)37-31(10-12-43-13-11-31)30(42)35-23(15-19(2)3)28(40)36-26/h6-8,19-20,23-24,26-27,39H,5,9-18,32H2,1-4H3,(H,34,41)(H,35,42)(H,36,40)(H,37,38)/t20-,23-,24-,26-,27?/m0/s1. The summed E-state index contributed by atoms with van der Waals surface area (Å²) in [6, 6.07) is 3.16. The summed E-state index contributed by atoms with van der Waals surface area (Å²) in [5, 5.41) is 21.9. The summed E-state index contributed by atoms with van der Waals surface area (Å²) < 4.78 is 5.52. The Morgan fingerprint density at radius 2 is 1.69 bits per heavy atom. The molecule has 1 unspecified atom stereocenters. The zero-order valence-corrected chi connectivity index (χ0v) is 28.4. The summed E-state index contributed by atoms with van der Waals surface area (Å²) in [6.45, 7) is 8.27. The fourth-order valence-corrected chi connectivity index (χ4v) is 7.10. The highest BCUT2D eigenvalue weighted by molar-refractivity contribution is 7.98. The van der Waals surface area contributed by atoms with Gasteiger partial charge >= 0.3 is 0 Å². The maximum absolute atomic E-state index is 13.9. The highest BCUT2D eigenvalue weighted by Gasteiger charge is 2.43. The summed E-state index contributed by atoms with van der Waals surface area (Å²) in [5.41, 5.74) is 6.38. The van der Waals surface area contributed by atoms with E-state index in [1.807, 2.05) is 45.9 Å². The van der Waals surface area contributed by atoms with Crippen molar-refractivity contribution in [3.8, 4) is 0 Å². The highest BCUT2D eigenvalue weighted by Crippen LogP contribution is 2.23. The van der Waals surface area contributed by atoms with Crippen LogP contribution in [-0.4, -0.2) is 88.3 Å². The zero-order valence-electron chi connectivity index (χ0n) is 26.8. The molecule has 0 radical (unpaired) electrons. The molecule has 0 aliphatic carbocycles. The van der Waals surface area contributed by atoms with Gasteiger partial charge in [-0.2, -0.15) is 23.5 Å². The van der Waals surface area contributed by atoms with E-state index in [-0.39, 0.29) is 37.0 Å². The Morgan fingerprint density at radius 1 is 1.02 bits per heavy atom. The number of nitrogens with zero attached hydrogens (tertiary/aromatic N) is 1. The lowest BCUT2D eigenvalue weighted by Crippen LogP contribution is -2.65. The van der Waals surface area contributed by atoms with Crippen molar-refractivity contribution in [3.63, 3.8) is 0 Å². The van der Waals surface area contributed by atoms with E-state index in [0.29, 0.717) is 49.1 Å². The number of aromatic nitrogens is 1. The van der Waals surface area contributed by atoms with E-state index in [1.165, 1.54) is 11.8 Å². The second-order valence-corrected chi connectivity index (χ2v) is 14.4. The Hall–Kier alpha value is -2.39. The molecule has 1 fully saturated rings. The second-order valence-electron chi connectivity index (χ2n) is 12.3. The van der Waals surface area contributed by atoms with E-state index < -0.39 is 47.6 Å². The largest absolute Gasteiger partial charge is 0.381 e. The lowest BCUT2D eigenvalue weighted by Gasteiger charge is -2.38. The Bertz CT molecular complexity index is 1150. The molecule has 5 atom stereocenters. The van der Waals surface area contributed by atoms with Crippen LogP contribution in [0.5, 0.6) is 0 Å². The Kier molecular flexibility index (Phi) is 14.9. The Morgan fingerprint density at radius 3 is 2.31 bits per heavy atom. The molecule has 12 nitrogen and oxygen atoms in total. The van der Waals surface area contributed by atoms with E-state index in [2.05, 4.69) is 21.3 Å². The number of amides is 4. The van der Waals surface area contributed by atoms with Crippen LogP contribution >= 0.6 is 23.5 Å². The number of thioether (sulfide) groups is 2. The van der Waals surface area contributed by atoms with Gasteiger partial charge in [-0.25, -0.2) is 0 Å². The number of aliphatic hydroxyl groups is 1. The van der Waals surface area contributed by atoms with Crippen LogP contribution in [0.2, 0.25) is 0 Å². The van der Waals surface area contributed by atoms with Crippen molar-refractivity contribution in [1.29, 1.82) is 0 Å². The number of hydrogen-bond acceptors (Lipinski definition) is 10. The number of carbonyl (C=O) groups is 4. The van der Waals surface area contributed by atoms with E-state index in [0.717, 1.165) is 11.4 Å². The summed E-state index contributed by atoms with van der Waals surface area (Å²) in [4.78, 5) is 59.0. The van der Waals surface area contributed by atoms with Gasteiger partial charge in [0, 0.05) is 55.5 Å². The smallest absolute Gasteiger partial charge is 0.246 e. The summed E-state index contributed by atoms with van der Waals surface area (Å²) in [5.74, 6) is 0.217. The lowest BCUT2D eigenvalue weighted by atomic mass is 9.87. The molecule has 3 heterocycles. The number of aliphatic hydroxyl groups excluding tert-OH is 1. The van der Waals surface area contributed by atoms with E-state index >= 15 is 0 Å². The first-order valence-electron chi connectivity index (χ1n) is 15.8. The van der Waals surface area contributed by atoms with Gasteiger partial charge in [-0.1, -0.05) is 40.2 Å². The first kappa shape index (κ1) is 37.1. The van der Waals surface area contributed by atoms with Crippen molar-refractivity contribution < 1.29 is 29.0 Å². The first-order chi connectivity index (χ1) is 21.4. The molecule has 2 aliphatic heterocycles. The molecule has 1 aromatic heterocycles. The van der Waals surface area contributed by atoms with Crippen molar-refractivity contribution in [2.45, 2.75) is 101 Å². The van der Waals surface area contributed by atoms with Gasteiger partial charge in [-0.3, -0.25) is 24.2 Å². The van der Waals surface area contributed by atoms with Crippen LogP contribution in [0.15, 0.2) is 18.2 Å². The number of nitrogens with two attached hydrogens (primary N) is 1. The first-order valence-corrected chi connectivity index (χ1v) is 18.1. The van der Waals surface area contributed by atoms with Gasteiger partial charge < -0.3 is 36.8 Å². The van der Waals surface area contributed by atoms with Crippen molar-refractivity contribution >= 4 is 47.2 Å². The zero-order chi connectivity index (χ0) is 33.0. The molecule has 1 spiro atoms. The van der Waals surface area contributed by atoms with Crippen LogP contribution in [0.25, 0.3) is 0 Å². The van der Waals surface area contributed by atoms with Gasteiger partial charge in [-0.05, 0) is 30.4 Å². The normalized spacial score (nSPS) is 26.0. The molecule has 14 heteroatoms. The molecule has 1 saturated heterocycles. The third-order valence-electron chi connectivity index (χ3n) is 8.16. The predicted octanol–water partition coefficient (Wildman–Crippen LogP) is 1.44.